The molecule has 2 heteroatoms. The highest BCUT2D eigenvalue weighted by atomic mass is 15.2. The fraction of sp³-hybridized carbons (Fsp3) is 1.00. The van der Waals surface area contributed by atoms with Crippen molar-refractivity contribution in [1.29, 1.82) is 0 Å². The van der Waals surface area contributed by atoms with Gasteiger partial charge in [-0.2, -0.15) is 0 Å². The molecule has 0 aromatic heterocycles. The van der Waals surface area contributed by atoms with Crippen LogP contribution in [0, 0.1) is 16.7 Å². The van der Waals surface area contributed by atoms with Gasteiger partial charge < -0.3 is 10.2 Å². The van der Waals surface area contributed by atoms with Gasteiger partial charge in [0.05, 0.1) is 0 Å². The van der Waals surface area contributed by atoms with Crippen LogP contribution in [0.15, 0.2) is 0 Å². The molecule has 1 heterocycles. The number of fused-ring (bicyclic) bond motifs is 2. The molecule has 2 saturated carbocycles. The van der Waals surface area contributed by atoms with Crippen LogP contribution in [0.2, 0.25) is 0 Å². The van der Waals surface area contributed by atoms with Crippen LogP contribution in [0.25, 0.3) is 0 Å². The lowest BCUT2D eigenvalue weighted by atomic mass is 9.69. The van der Waals surface area contributed by atoms with Crippen molar-refractivity contribution in [2.24, 2.45) is 16.7 Å². The average molecular weight is 264 g/mol. The number of piperidine rings is 1. The van der Waals surface area contributed by atoms with Gasteiger partial charge in [0.15, 0.2) is 0 Å². The van der Waals surface area contributed by atoms with Crippen LogP contribution >= 0.6 is 0 Å². The van der Waals surface area contributed by atoms with E-state index in [-0.39, 0.29) is 0 Å². The number of likely N-dealkylation sites (tertiary alicyclic amines) is 1. The number of nitrogens with zero attached hydrogens (tertiary/aromatic N) is 1. The quantitative estimate of drug-likeness (QED) is 0.823. The van der Waals surface area contributed by atoms with Crippen LogP contribution in [-0.4, -0.2) is 36.6 Å². The monoisotopic (exact) mass is 264 g/mol. The highest BCUT2D eigenvalue weighted by Crippen LogP contribution is 2.65. The maximum atomic E-state index is 4.07. The summed E-state index contributed by atoms with van der Waals surface area (Å²) in [6.45, 7) is 11.2. The van der Waals surface area contributed by atoms with Crippen LogP contribution in [0.4, 0.5) is 0 Å². The summed E-state index contributed by atoms with van der Waals surface area (Å²) in [7, 11) is 2.27. The largest absolute Gasteiger partial charge is 0.311 e. The van der Waals surface area contributed by atoms with Gasteiger partial charge in [-0.3, -0.25) is 0 Å². The average Bonchev–Trinajstić information content (AvgIpc) is 2.67. The Kier molecular flexibility index (Phi) is 3.26. The molecule has 3 aliphatic rings. The summed E-state index contributed by atoms with van der Waals surface area (Å²) in [6, 6.07) is 2.26. The standard InChI is InChI=1S/C17H32N2/c1-12-10-14(7-9-19(12)5)18-15-11-13-6-8-17(15,4)16(13,2)3/h12-15,18H,6-11H2,1-5H3. The Labute approximate surface area is 119 Å². The zero-order chi connectivity index (χ0) is 13.8. The van der Waals surface area contributed by atoms with E-state index in [9.17, 15) is 0 Å². The van der Waals surface area contributed by atoms with E-state index in [1.165, 1.54) is 38.6 Å². The molecule has 0 spiro atoms. The van der Waals surface area contributed by atoms with Crippen molar-refractivity contribution in [2.75, 3.05) is 13.6 Å². The van der Waals surface area contributed by atoms with Crippen LogP contribution < -0.4 is 5.32 Å². The number of hydrogen-bond acceptors (Lipinski definition) is 2. The predicted molar refractivity (Wildman–Crippen MR) is 81.3 cm³/mol. The molecule has 5 unspecified atom stereocenters. The van der Waals surface area contributed by atoms with Gasteiger partial charge in [-0.15, -0.1) is 0 Å². The van der Waals surface area contributed by atoms with Crippen LogP contribution in [0.1, 0.15) is 59.8 Å². The van der Waals surface area contributed by atoms with Gasteiger partial charge in [0.1, 0.15) is 0 Å². The Bertz CT molecular complexity index is 351. The molecule has 0 amide bonds. The summed E-state index contributed by atoms with van der Waals surface area (Å²) < 4.78 is 0. The van der Waals surface area contributed by atoms with E-state index in [1.54, 1.807) is 0 Å². The molecule has 0 radical (unpaired) electrons. The summed E-state index contributed by atoms with van der Waals surface area (Å²) in [4.78, 5) is 2.50. The van der Waals surface area contributed by atoms with Gasteiger partial charge in [0, 0.05) is 18.1 Å². The van der Waals surface area contributed by atoms with Crippen molar-refractivity contribution < 1.29 is 0 Å². The zero-order valence-corrected chi connectivity index (χ0v) is 13.5. The van der Waals surface area contributed by atoms with Crippen molar-refractivity contribution in [3.8, 4) is 0 Å². The summed E-state index contributed by atoms with van der Waals surface area (Å²) in [5.74, 6) is 0.957. The third kappa shape index (κ3) is 1.98. The van der Waals surface area contributed by atoms with Crippen molar-refractivity contribution >= 4 is 0 Å². The minimum atomic E-state index is 0.532. The summed E-state index contributed by atoms with van der Waals surface area (Å²) in [5, 5.41) is 4.07. The first-order valence-corrected chi connectivity index (χ1v) is 8.31. The second-order valence-electron chi connectivity index (χ2n) is 8.38. The van der Waals surface area contributed by atoms with E-state index in [0.29, 0.717) is 10.8 Å². The van der Waals surface area contributed by atoms with E-state index in [0.717, 1.165) is 24.0 Å². The Morgan fingerprint density at radius 3 is 2.37 bits per heavy atom. The molecule has 0 aromatic carbocycles. The molecule has 1 aliphatic heterocycles. The third-order valence-corrected chi connectivity index (χ3v) is 7.44. The highest BCUT2D eigenvalue weighted by molar-refractivity contribution is 5.13. The van der Waals surface area contributed by atoms with Gasteiger partial charge in [-0.05, 0) is 69.4 Å². The van der Waals surface area contributed by atoms with Crippen LogP contribution in [-0.2, 0) is 0 Å². The molecule has 3 fully saturated rings. The Morgan fingerprint density at radius 1 is 1.11 bits per heavy atom. The summed E-state index contributed by atoms with van der Waals surface area (Å²) in [5.41, 5.74) is 1.08. The van der Waals surface area contributed by atoms with Crippen molar-refractivity contribution in [2.45, 2.75) is 77.9 Å². The Morgan fingerprint density at radius 2 is 1.84 bits per heavy atom. The zero-order valence-electron chi connectivity index (χ0n) is 13.5. The molecule has 2 aliphatic carbocycles. The minimum absolute atomic E-state index is 0.532. The normalized spacial score (nSPS) is 49.7. The molecule has 0 aromatic rings. The van der Waals surface area contributed by atoms with Crippen LogP contribution in [0.3, 0.4) is 0 Å². The number of nitrogens with one attached hydrogen (secondary N) is 1. The van der Waals surface area contributed by atoms with Crippen molar-refractivity contribution in [3.63, 3.8) is 0 Å². The number of hydrogen-bond donors (Lipinski definition) is 1. The van der Waals surface area contributed by atoms with Gasteiger partial charge in [-0.25, -0.2) is 0 Å². The molecule has 3 rings (SSSR count). The molecule has 110 valence electrons. The van der Waals surface area contributed by atoms with E-state index >= 15 is 0 Å². The van der Waals surface area contributed by atoms with E-state index in [2.05, 4.69) is 45.0 Å². The van der Waals surface area contributed by atoms with Gasteiger partial charge in [0.2, 0.25) is 0 Å². The van der Waals surface area contributed by atoms with Crippen molar-refractivity contribution in [1.82, 2.24) is 10.2 Å². The summed E-state index contributed by atoms with van der Waals surface area (Å²) in [6.07, 6.45) is 6.98. The first kappa shape index (κ1) is 13.9. The highest BCUT2D eigenvalue weighted by Gasteiger charge is 2.61. The second kappa shape index (κ2) is 4.46. The maximum absolute atomic E-state index is 4.07. The third-order valence-electron chi connectivity index (χ3n) is 7.44. The van der Waals surface area contributed by atoms with E-state index in [4.69, 9.17) is 0 Å². The first-order valence-electron chi connectivity index (χ1n) is 8.31. The predicted octanol–water partition coefficient (Wildman–Crippen LogP) is 3.27. The Hall–Kier alpha value is -0.0800. The molecule has 5 atom stereocenters. The van der Waals surface area contributed by atoms with Gasteiger partial charge in [0.25, 0.3) is 0 Å². The van der Waals surface area contributed by atoms with E-state index in [1.807, 2.05) is 0 Å². The lowest BCUT2D eigenvalue weighted by Crippen LogP contribution is -2.53. The topological polar surface area (TPSA) is 15.3 Å². The SMILES string of the molecule is CC1CC(NC2CC3CCC2(C)C3(C)C)CCN1C. The molecular weight excluding hydrogens is 232 g/mol. The molecule has 2 bridgehead atoms. The van der Waals surface area contributed by atoms with Gasteiger partial charge >= 0.3 is 0 Å². The molecular formula is C17H32N2. The lowest BCUT2D eigenvalue weighted by Gasteiger charge is -2.43. The smallest absolute Gasteiger partial charge is 0.0131 e. The van der Waals surface area contributed by atoms with Crippen molar-refractivity contribution in [3.05, 3.63) is 0 Å². The number of rotatable bonds is 2. The minimum Gasteiger partial charge on any atom is -0.311 e. The second-order valence-corrected chi connectivity index (χ2v) is 8.38. The molecule has 19 heavy (non-hydrogen) atoms. The molecule has 2 nitrogen and oxygen atoms in total. The fourth-order valence-electron chi connectivity index (χ4n) is 5.18. The fourth-order valence-corrected chi connectivity index (χ4v) is 5.18. The first-order chi connectivity index (χ1) is 8.84. The lowest BCUT2D eigenvalue weighted by molar-refractivity contribution is 0.0974. The van der Waals surface area contributed by atoms with E-state index < -0.39 is 0 Å². The molecule has 1 saturated heterocycles. The van der Waals surface area contributed by atoms with Crippen LogP contribution in [0.5, 0.6) is 0 Å². The maximum Gasteiger partial charge on any atom is 0.0131 e. The summed E-state index contributed by atoms with van der Waals surface area (Å²) >= 11 is 0. The Balaban J connectivity index is 1.66. The molecule has 1 N–H and O–H groups in total. The van der Waals surface area contributed by atoms with Gasteiger partial charge in [-0.1, -0.05) is 20.8 Å².